The van der Waals surface area contributed by atoms with Crippen LogP contribution in [-0.2, 0) is 15.9 Å². The maximum atomic E-state index is 13.0. The molecular weight excluding hydrogens is 316 g/mol. The van der Waals surface area contributed by atoms with E-state index >= 15 is 0 Å². The highest BCUT2D eigenvalue weighted by Gasteiger charge is 2.39. The predicted molar refractivity (Wildman–Crippen MR) is 95.5 cm³/mol. The minimum absolute atomic E-state index is 0.0462. The Labute approximate surface area is 149 Å². The number of hydrogen-bond acceptors (Lipinski definition) is 3. The molecule has 0 aromatic heterocycles. The first-order valence-corrected chi connectivity index (χ1v) is 9.46. The van der Waals surface area contributed by atoms with E-state index in [4.69, 9.17) is 9.47 Å². The number of carbonyl (C=O) groups excluding carboxylic acids is 1. The molecule has 1 aromatic rings. The highest BCUT2D eigenvalue weighted by molar-refractivity contribution is 5.75. The van der Waals surface area contributed by atoms with E-state index in [0.29, 0.717) is 19.1 Å². The number of benzene rings is 1. The average Bonchev–Trinajstić information content (AvgIpc) is 2.80. The molecule has 1 aromatic carbocycles. The van der Waals surface area contributed by atoms with Gasteiger partial charge in [0.2, 0.25) is 0 Å². The quantitative estimate of drug-likeness (QED) is 0.852. The SMILES string of the molecule is C[C@@H]1Cc2ccccc2[C@@H]1NC(=O)N1CCOCC2(CCOCC2)C1. The maximum absolute atomic E-state index is 13.0. The van der Waals surface area contributed by atoms with Gasteiger partial charge in [-0.05, 0) is 36.3 Å². The number of nitrogens with zero attached hydrogens (tertiary/aromatic N) is 1. The molecule has 0 bridgehead atoms. The number of carbonyl (C=O) groups is 1. The molecule has 4 rings (SSSR count). The van der Waals surface area contributed by atoms with E-state index in [1.807, 2.05) is 4.90 Å². The lowest BCUT2D eigenvalue weighted by molar-refractivity contribution is -0.0295. The maximum Gasteiger partial charge on any atom is 0.317 e. The van der Waals surface area contributed by atoms with Crippen molar-refractivity contribution in [1.82, 2.24) is 10.2 Å². The van der Waals surface area contributed by atoms with Crippen LogP contribution in [0.2, 0.25) is 0 Å². The molecule has 2 fully saturated rings. The molecule has 0 radical (unpaired) electrons. The van der Waals surface area contributed by atoms with Crippen molar-refractivity contribution in [2.45, 2.75) is 32.2 Å². The van der Waals surface area contributed by atoms with Gasteiger partial charge in [0, 0.05) is 31.7 Å². The van der Waals surface area contributed by atoms with E-state index in [1.165, 1.54) is 11.1 Å². The van der Waals surface area contributed by atoms with Gasteiger partial charge in [-0.3, -0.25) is 0 Å². The van der Waals surface area contributed by atoms with E-state index in [2.05, 4.69) is 36.5 Å². The third-order valence-electron chi connectivity index (χ3n) is 6.06. The van der Waals surface area contributed by atoms with Gasteiger partial charge in [0.1, 0.15) is 0 Å². The normalized spacial score (nSPS) is 28.4. The summed E-state index contributed by atoms with van der Waals surface area (Å²) in [4.78, 5) is 15.0. The number of amides is 2. The van der Waals surface area contributed by atoms with Gasteiger partial charge in [-0.1, -0.05) is 31.2 Å². The molecule has 1 N–H and O–H groups in total. The minimum Gasteiger partial charge on any atom is -0.381 e. The van der Waals surface area contributed by atoms with Crippen LogP contribution in [0.15, 0.2) is 24.3 Å². The molecular formula is C20H28N2O3. The molecule has 136 valence electrons. The first-order valence-electron chi connectivity index (χ1n) is 9.46. The molecule has 2 aliphatic heterocycles. The molecule has 1 spiro atoms. The molecule has 2 amide bonds. The van der Waals surface area contributed by atoms with Crippen LogP contribution >= 0.6 is 0 Å². The summed E-state index contributed by atoms with van der Waals surface area (Å²) in [6.07, 6.45) is 2.98. The fourth-order valence-corrected chi connectivity index (χ4v) is 4.51. The molecule has 5 heteroatoms. The zero-order valence-electron chi connectivity index (χ0n) is 15.0. The molecule has 5 nitrogen and oxygen atoms in total. The summed E-state index contributed by atoms with van der Waals surface area (Å²) in [7, 11) is 0. The summed E-state index contributed by atoms with van der Waals surface area (Å²) < 4.78 is 11.4. The highest BCUT2D eigenvalue weighted by Crippen LogP contribution is 2.37. The van der Waals surface area contributed by atoms with Crippen LogP contribution in [0.4, 0.5) is 4.79 Å². The topological polar surface area (TPSA) is 50.8 Å². The molecule has 1 aliphatic carbocycles. The lowest BCUT2D eigenvalue weighted by Crippen LogP contribution is -2.49. The molecule has 0 saturated carbocycles. The summed E-state index contributed by atoms with van der Waals surface area (Å²) in [5.41, 5.74) is 2.70. The summed E-state index contributed by atoms with van der Waals surface area (Å²) in [5, 5.41) is 3.30. The Morgan fingerprint density at radius 1 is 1.20 bits per heavy atom. The number of nitrogens with one attached hydrogen (secondary N) is 1. The van der Waals surface area contributed by atoms with Crippen molar-refractivity contribution >= 4 is 6.03 Å². The third kappa shape index (κ3) is 3.40. The van der Waals surface area contributed by atoms with Crippen molar-refractivity contribution in [3.63, 3.8) is 0 Å². The van der Waals surface area contributed by atoms with Gasteiger partial charge in [0.25, 0.3) is 0 Å². The van der Waals surface area contributed by atoms with E-state index < -0.39 is 0 Å². The van der Waals surface area contributed by atoms with Crippen LogP contribution in [-0.4, -0.2) is 50.4 Å². The standard InChI is InChI=1S/C20H28N2O3/c1-15-12-16-4-2-3-5-17(16)18(15)21-19(23)22-8-11-25-14-20(13-22)6-9-24-10-7-20/h2-5,15,18H,6-14H2,1H3,(H,21,23)/t15-,18-/m1/s1. The number of ether oxygens (including phenoxy) is 2. The van der Waals surface area contributed by atoms with Crippen molar-refractivity contribution in [2.24, 2.45) is 11.3 Å². The minimum atomic E-state index is 0.0462. The summed E-state index contributed by atoms with van der Waals surface area (Å²) in [5.74, 6) is 0.432. The zero-order valence-corrected chi connectivity index (χ0v) is 15.0. The Morgan fingerprint density at radius 2 is 2.00 bits per heavy atom. The lowest BCUT2D eigenvalue weighted by Gasteiger charge is -2.38. The Morgan fingerprint density at radius 3 is 2.84 bits per heavy atom. The van der Waals surface area contributed by atoms with Crippen LogP contribution in [0, 0.1) is 11.3 Å². The van der Waals surface area contributed by atoms with Crippen LogP contribution in [0.5, 0.6) is 0 Å². The van der Waals surface area contributed by atoms with Gasteiger partial charge in [-0.25, -0.2) is 4.79 Å². The van der Waals surface area contributed by atoms with Gasteiger partial charge >= 0.3 is 6.03 Å². The fourth-order valence-electron chi connectivity index (χ4n) is 4.51. The molecule has 3 aliphatic rings. The Balaban J connectivity index is 1.47. The number of hydrogen-bond donors (Lipinski definition) is 1. The summed E-state index contributed by atoms with van der Waals surface area (Å²) >= 11 is 0. The van der Waals surface area contributed by atoms with Crippen molar-refractivity contribution in [3.05, 3.63) is 35.4 Å². The first kappa shape index (κ1) is 16.9. The monoisotopic (exact) mass is 344 g/mol. The van der Waals surface area contributed by atoms with Crippen LogP contribution in [0.1, 0.15) is 36.9 Å². The number of urea groups is 1. The van der Waals surface area contributed by atoms with Crippen LogP contribution < -0.4 is 5.32 Å². The van der Waals surface area contributed by atoms with Gasteiger partial charge in [0.15, 0.2) is 0 Å². The molecule has 25 heavy (non-hydrogen) atoms. The van der Waals surface area contributed by atoms with Gasteiger partial charge in [-0.15, -0.1) is 0 Å². The second-order valence-electron chi connectivity index (χ2n) is 7.89. The van der Waals surface area contributed by atoms with Gasteiger partial charge in [-0.2, -0.15) is 0 Å². The van der Waals surface area contributed by atoms with E-state index in [-0.39, 0.29) is 17.5 Å². The third-order valence-corrected chi connectivity index (χ3v) is 6.06. The predicted octanol–water partition coefficient (Wildman–Crippen LogP) is 2.76. The van der Waals surface area contributed by atoms with Crippen LogP contribution in [0.25, 0.3) is 0 Å². The van der Waals surface area contributed by atoms with Crippen LogP contribution in [0.3, 0.4) is 0 Å². The smallest absolute Gasteiger partial charge is 0.317 e. The molecule has 2 saturated heterocycles. The second-order valence-corrected chi connectivity index (χ2v) is 7.89. The molecule has 0 unspecified atom stereocenters. The van der Waals surface area contributed by atoms with E-state index in [9.17, 15) is 4.79 Å². The number of fused-ring (bicyclic) bond motifs is 1. The Hall–Kier alpha value is -1.59. The van der Waals surface area contributed by atoms with Crippen molar-refractivity contribution in [1.29, 1.82) is 0 Å². The largest absolute Gasteiger partial charge is 0.381 e. The van der Waals surface area contributed by atoms with Crippen molar-refractivity contribution in [2.75, 3.05) is 39.5 Å². The summed E-state index contributed by atoms with van der Waals surface area (Å²) in [6.45, 7) is 6.55. The molecule has 2 heterocycles. The number of rotatable bonds is 1. The van der Waals surface area contributed by atoms with Gasteiger partial charge in [0.05, 0.1) is 19.3 Å². The second kappa shape index (κ2) is 6.96. The Kier molecular flexibility index (Phi) is 4.69. The van der Waals surface area contributed by atoms with Gasteiger partial charge < -0.3 is 19.7 Å². The van der Waals surface area contributed by atoms with E-state index in [0.717, 1.165) is 45.6 Å². The van der Waals surface area contributed by atoms with Crippen molar-refractivity contribution < 1.29 is 14.3 Å². The highest BCUT2D eigenvalue weighted by atomic mass is 16.5. The first-order chi connectivity index (χ1) is 12.2. The Bertz CT molecular complexity index is 627. The van der Waals surface area contributed by atoms with Crippen molar-refractivity contribution in [3.8, 4) is 0 Å². The fraction of sp³-hybridized carbons (Fsp3) is 0.650. The summed E-state index contributed by atoms with van der Waals surface area (Å²) in [6, 6.07) is 8.62. The van der Waals surface area contributed by atoms with E-state index in [1.54, 1.807) is 0 Å². The zero-order chi connectivity index (χ0) is 17.3. The lowest BCUT2D eigenvalue weighted by atomic mass is 9.80. The average molecular weight is 344 g/mol. The molecule has 2 atom stereocenters.